The standard InChI is InChI=1S/C30H34N2O3S/c1-21(2)26(27(36)31-24-18-12-13-19-25(24)35-29(34)30(3,4)5)32(20-22-14-8-6-9-15-22)28(33)23-16-10-7-11-17-23/h6-19,21,26H,20H2,1-5H3,(H,31,36). The minimum absolute atomic E-state index is 0.0191. The van der Waals surface area contributed by atoms with E-state index < -0.39 is 11.5 Å². The second-order valence-corrected chi connectivity index (χ2v) is 10.5. The first-order valence-corrected chi connectivity index (χ1v) is 12.5. The van der Waals surface area contributed by atoms with Gasteiger partial charge < -0.3 is 15.0 Å². The summed E-state index contributed by atoms with van der Waals surface area (Å²) in [5.41, 5.74) is 1.54. The molecule has 0 saturated carbocycles. The van der Waals surface area contributed by atoms with E-state index in [-0.39, 0.29) is 17.8 Å². The highest BCUT2D eigenvalue weighted by molar-refractivity contribution is 7.80. The molecule has 0 aliphatic heterocycles. The van der Waals surface area contributed by atoms with E-state index >= 15 is 0 Å². The first-order valence-electron chi connectivity index (χ1n) is 12.1. The molecule has 1 amide bonds. The Kier molecular flexibility index (Phi) is 8.99. The van der Waals surface area contributed by atoms with Crippen molar-refractivity contribution >= 4 is 34.8 Å². The quantitative estimate of drug-likeness (QED) is 0.210. The van der Waals surface area contributed by atoms with Crippen LogP contribution in [0.3, 0.4) is 0 Å². The molecule has 188 valence electrons. The van der Waals surface area contributed by atoms with Crippen LogP contribution in [0.1, 0.15) is 50.5 Å². The van der Waals surface area contributed by atoms with Crippen LogP contribution in [0.25, 0.3) is 0 Å². The normalized spacial score (nSPS) is 12.1. The minimum atomic E-state index is -0.650. The first-order chi connectivity index (χ1) is 17.1. The summed E-state index contributed by atoms with van der Waals surface area (Å²) in [4.78, 5) is 28.6. The van der Waals surface area contributed by atoms with Crippen LogP contribution in [0.4, 0.5) is 5.69 Å². The fraction of sp³-hybridized carbons (Fsp3) is 0.300. The molecule has 0 aromatic heterocycles. The van der Waals surface area contributed by atoms with Crippen LogP contribution in [0.2, 0.25) is 0 Å². The maximum Gasteiger partial charge on any atom is 0.316 e. The van der Waals surface area contributed by atoms with E-state index in [2.05, 4.69) is 5.32 Å². The largest absolute Gasteiger partial charge is 0.424 e. The SMILES string of the molecule is CC(C)C(C(=S)Nc1ccccc1OC(=O)C(C)(C)C)N(Cc1ccccc1)C(=O)c1ccccc1. The number of benzene rings is 3. The summed E-state index contributed by atoms with van der Waals surface area (Å²) in [5, 5.41) is 3.28. The number of hydrogen-bond acceptors (Lipinski definition) is 4. The van der Waals surface area contributed by atoms with E-state index in [1.54, 1.807) is 32.9 Å². The Morgan fingerprint density at radius 1 is 0.889 bits per heavy atom. The molecule has 3 aromatic carbocycles. The van der Waals surface area contributed by atoms with Gasteiger partial charge in [0.15, 0.2) is 5.75 Å². The Bertz CT molecular complexity index is 1190. The average molecular weight is 503 g/mol. The van der Waals surface area contributed by atoms with E-state index in [4.69, 9.17) is 17.0 Å². The molecule has 0 heterocycles. The molecule has 0 spiro atoms. The van der Waals surface area contributed by atoms with Crippen molar-refractivity contribution in [2.45, 2.75) is 47.2 Å². The van der Waals surface area contributed by atoms with Gasteiger partial charge in [-0.2, -0.15) is 0 Å². The number of thiocarbonyl (C=S) groups is 1. The molecule has 0 bridgehead atoms. The number of anilines is 1. The van der Waals surface area contributed by atoms with E-state index in [0.717, 1.165) is 5.56 Å². The lowest BCUT2D eigenvalue weighted by Gasteiger charge is -2.35. The number of carbonyl (C=O) groups is 2. The number of rotatable bonds is 8. The lowest BCUT2D eigenvalue weighted by Crippen LogP contribution is -2.49. The van der Waals surface area contributed by atoms with Gasteiger partial charge >= 0.3 is 5.97 Å². The number of esters is 1. The molecule has 0 aliphatic carbocycles. The van der Waals surface area contributed by atoms with Gasteiger partial charge in [-0.25, -0.2) is 0 Å². The van der Waals surface area contributed by atoms with Crippen molar-refractivity contribution in [2.75, 3.05) is 5.32 Å². The number of ether oxygens (including phenoxy) is 1. The van der Waals surface area contributed by atoms with Crippen LogP contribution < -0.4 is 10.1 Å². The summed E-state index contributed by atoms with van der Waals surface area (Å²) in [6.07, 6.45) is 0. The van der Waals surface area contributed by atoms with Crippen LogP contribution in [-0.4, -0.2) is 27.8 Å². The highest BCUT2D eigenvalue weighted by atomic mass is 32.1. The van der Waals surface area contributed by atoms with Gasteiger partial charge in [0, 0.05) is 12.1 Å². The summed E-state index contributed by atoms with van der Waals surface area (Å²) in [6, 6.07) is 25.9. The molecule has 1 N–H and O–H groups in total. The Morgan fingerprint density at radius 3 is 2.03 bits per heavy atom. The molecular formula is C30H34N2O3S. The van der Waals surface area contributed by atoms with Crippen LogP contribution in [0, 0.1) is 11.3 Å². The molecular weight excluding hydrogens is 468 g/mol. The zero-order valence-corrected chi connectivity index (χ0v) is 22.3. The number of para-hydroxylation sites is 2. The molecule has 3 rings (SSSR count). The number of nitrogens with one attached hydrogen (secondary N) is 1. The van der Waals surface area contributed by atoms with Gasteiger partial charge in [-0.15, -0.1) is 0 Å². The predicted molar refractivity (Wildman–Crippen MR) is 149 cm³/mol. The van der Waals surface area contributed by atoms with Crippen molar-refractivity contribution in [3.8, 4) is 5.75 Å². The fourth-order valence-electron chi connectivity index (χ4n) is 3.75. The lowest BCUT2D eigenvalue weighted by molar-refractivity contribution is -0.142. The number of nitrogens with zero attached hydrogens (tertiary/aromatic N) is 1. The summed E-state index contributed by atoms with van der Waals surface area (Å²) < 4.78 is 5.68. The molecule has 1 unspecified atom stereocenters. The number of amides is 1. The van der Waals surface area contributed by atoms with Crippen molar-refractivity contribution in [3.05, 3.63) is 96.1 Å². The van der Waals surface area contributed by atoms with Gasteiger partial charge in [0.2, 0.25) is 0 Å². The second-order valence-electron chi connectivity index (χ2n) is 10.1. The smallest absolute Gasteiger partial charge is 0.316 e. The van der Waals surface area contributed by atoms with Gasteiger partial charge in [0.1, 0.15) is 4.99 Å². The zero-order chi connectivity index (χ0) is 26.3. The maximum atomic E-state index is 13.7. The van der Waals surface area contributed by atoms with E-state index in [1.807, 2.05) is 91.5 Å². The summed E-state index contributed by atoms with van der Waals surface area (Å²) in [5.74, 6) is -0.0280. The van der Waals surface area contributed by atoms with Crippen molar-refractivity contribution in [1.82, 2.24) is 4.90 Å². The molecule has 5 nitrogen and oxygen atoms in total. The third-order valence-electron chi connectivity index (χ3n) is 5.67. The maximum absolute atomic E-state index is 13.7. The Labute approximate surface area is 219 Å². The highest BCUT2D eigenvalue weighted by Gasteiger charge is 2.32. The predicted octanol–water partition coefficient (Wildman–Crippen LogP) is 6.74. The first kappa shape index (κ1) is 27.1. The van der Waals surface area contributed by atoms with Crippen LogP contribution in [0.5, 0.6) is 5.75 Å². The van der Waals surface area contributed by atoms with Crippen LogP contribution in [0.15, 0.2) is 84.9 Å². The molecule has 6 heteroatoms. The third-order valence-corrected chi connectivity index (χ3v) is 6.02. The van der Waals surface area contributed by atoms with Gasteiger partial charge in [0.05, 0.1) is 17.1 Å². The number of hydrogen-bond donors (Lipinski definition) is 1. The highest BCUT2D eigenvalue weighted by Crippen LogP contribution is 2.29. The van der Waals surface area contributed by atoms with E-state index in [9.17, 15) is 9.59 Å². The van der Waals surface area contributed by atoms with Crippen LogP contribution >= 0.6 is 12.2 Å². The molecule has 0 radical (unpaired) electrons. The second kappa shape index (κ2) is 12.0. The molecule has 0 fully saturated rings. The topological polar surface area (TPSA) is 58.6 Å². The van der Waals surface area contributed by atoms with Crippen molar-refractivity contribution in [3.63, 3.8) is 0 Å². The average Bonchev–Trinajstić information content (AvgIpc) is 2.84. The Morgan fingerprint density at radius 2 is 1.44 bits per heavy atom. The molecule has 1 atom stereocenters. The van der Waals surface area contributed by atoms with Gasteiger partial charge in [-0.1, -0.05) is 86.7 Å². The van der Waals surface area contributed by atoms with E-state index in [1.165, 1.54) is 0 Å². The Balaban J connectivity index is 1.94. The molecule has 36 heavy (non-hydrogen) atoms. The van der Waals surface area contributed by atoms with E-state index in [0.29, 0.717) is 28.5 Å². The van der Waals surface area contributed by atoms with Crippen molar-refractivity contribution in [2.24, 2.45) is 11.3 Å². The van der Waals surface area contributed by atoms with Gasteiger partial charge in [-0.3, -0.25) is 9.59 Å². The summed E-state index contributed by atoms with van der Waals surface area (Å²) in [7, 11) is 0. The summed E-state index contributed by atoms with van der Waals surface area (Å²) >= 11 is 5.90. The molecule has 0 saturated heterocycles. The molecule has 0 aliphatic rings. The monoisotopic (exact) mass is 502 g/mol. The van der Waals surface area contributed by atoms with Crippen molar-refractivity contribution < 1.29 is 14.3 Å². The van der Waals surface area contributed by atoms with Gasteiger partial charge in [-0.05, 0) is 56.5 Å². The van der Waals surface area contributed by atoms with Crippen LogP contribution in [-0.2, 0) is 11.3 Å². The Hall–Kier alpha value is -3.51. The minimum Gasteiger partial charge on any atom is -0.424 e. The zero-order valence-electron chi connectivity index (χ0n) is 21.5. The van der Waals surface area contributed by atoms with Crippen molar-refractivity contribution in [1.29, 1.82) is 0 Å². The number of carbonyl (C=O) groups excluding carboxylic acids is 2. The van der Waals surface area contributed by atoms with Gasteiger partial charge in [0.25, 0.3) is 5.91 Å². The summed E-state index contributed by atoms with van der Waals surface area (Å²) in [6.45, 7) is 9.91. The third kappa shape index (κ3) is 7.01. The molecule has 3 aromatic rings. The lowest BCUT2D eigenvalue weighted by atomic mass is 9.97. The fourth-order valence-corrected chi connectivity index (χ4v) is 4.26.